The van der Waals surface area contributed by atoms with Crippen LogP contribution < -0.4 is 0 Å². The summed E-state index contributed by atoms with van der Waals surface area (Å²) in [5.74, 6) is 0.819. The van der Waals surface area contributed by atoms with E-state index < -0.39 is 0 Å². The van der Waals surface area contributed by atoms with E-state index in [1.54, 1.807) is 0 Å². The van der Waals surface area contributed by atoms with Gasteiger partial charge in [0.05, 0.1) is 5.69 Å². The van der Waals surface area contributed by atoms with Crippen molar-refractivity contribution in [3.05, 3.63) is 77.6 Å². The summed E-state index contributed by atoms with van der Waals surface area (Å²) in [7, 11) is 2.18. The number of carbonyl (C=O) groups is 1. The smallest absolute Gasteiger partial charge is 0.255 e. The fourth-order valence-electron chi connectivity index (χ4n) is 4.90. The monoisotopic (exact) mass is 414 g/mol. The molecule has 3 aliphatic heterocycles. The summed E-state index contributed by atoms with van der Waals surface area (Å²) < 4.78 is 2.05. The molecule has 2 aromatic rings. The van der Waals surface area contributed by atoms with E-state index in [4.69, 9.17) is 0 Å². The van der Waals surface area contributed by atoms with Gasteiger partial charge in [0.1, 0.15) is 5.65 Å². The fraction of sp³-hybridized carbons (Fsp3) is 0.385. The zero-order chi connectivity index (χ0) is 21.5. The first-order chi connectivity index (χ1) is 15.0. The molecule has 5 rings (SSSR count). The van der Waals surface area contributed by atoms with E-state index in [9.17, 15) is 4.79 Å². The molecule has 1 unspecified atom stereocenters. The number of nitrogens with zero attached hydrogens (tertiary/aromatic N) is 4. The summed E-state index contributed by atoms with van der Waals surface area (Å²) in [4.78, 5) is 22.1. The van der Waals surface area contributed by atoms with Crippen LogP contribution in [0, 0.1) is 18.8 Å². The number of fused-ring (bicyclic) bond motifs is 2. The molecule has 31 heavy (non-hydrogen) atoms. The van der Waals surface area contributed by atoms with E-state index >= 15 is 0 Å². The number of carbonyl (C=O) groups excluding carboxylic acids is 1. The highest BCUT2D eigenvalue weighted by molar-refractivity contribution is 5.98. The zero-order valence-corrected chi connectivity index (χ0v) is 18.6. The molecule has 1 fully saturated rings. The maximum Gasteiger partial charge on any atom is 0.255 e. The minimum absolute atomic E-state index is 0.0319. The van der Waals surface area contributed by atoms with E-state index in [0.29, 0.717) is 5.92 Å². The highest BCUT2D eigenvalue weighted by atomic mass is 16.2. The molecule has 1 atom stereocenters. The van der Waals surface area contributed by atoms with Crippen molar-refractivity contribution in [3.63, 3.8) is 0 Å². The zero-order valence-electron chi connectivity index (χ0n) is 18.6. The van der Waals surface area contributed by atoms with Crippen molar-refractivity contribution in [2.45, 2.75) is 33.1 Å². The number of hydrogen-bond acceptors (Lipinski definition) is 3. The summed E-state index contributed by atoms with van der Waals surface area (Å²) in [5.41, 5.74) is 6.35. The van der Waals surface area contributed by atoms with Crippen LogP contribution in [0.1, 0.15) is 37.4 Å². The van der Waals surface area contributed by atoms with Gasteiger partial charge in [-0.05, 0) is 93.1 Å². The lowest BCUT2D eigenvalue weighted by atomic mass is 9.87. The van der Waals surface area contributed by atoms with Gasteiger partial charge >= 0.3 is 0 Å². The molecule has 0 spiro atoms. The Morgan fingerprint density at radius 1 is 1.10 bits per heavy atom. The summed E-state index contributed by atoms with van der Waals surface area (Å²) in [5, 5.41) is 0. The van der Waals surface area contributed by atoms with Gasteiger partial charge in [-0.3, -0.25) is 9.69 Å². The van der Waals surface area contributed by atoms with Gasteiger partial charge in [0.15, 0.2) is 0 Å². The lowest BCUT2D eigenvalue weighted by Gasteiger charge is -2.33. The number of allylic oxidation sites excluding steroid dienone is 5. The van der Waals surface area contributed by atoms with Crippen LogP contribution in [0.4, 0.5) is 0 Å². The molecule has 5 heteroatoms. The Hall–Kier alpha value is -2.92. The van der Waals surface area contributed by atoms with Crippen molar-refractivity contribution >= 4 is 17.1 Å². The molecule has 0 bridgehead atoms. The quantitative estimate of drug-likeness (QED) is 0.723. The lowest BCUT2D eigenvalue weighted by molar-refractivity contribution is -0.122. The van der Waals surface area contributed by atoms with Crippen LogP contribution in [0.15, 0.2) is 66.3 Å². The van der Waals surface area contributed by atoms with Gasteiger partial charge in [0.2, 0.25) is 0 Å². The van der Waals surface area contributed by atoms with Crippen molar-refractivity contribution in [3.8, 4) is 0 Å². The maximum atomic E-state index is 13.4. The van der Waals surface area contributed by atoms with Gasteiger partial charge in [-0.25, -0.2) is 4.98 Å². The first-order valence-electron chi connectivity index (χ1n) is 11.3. The van der Waals surface area contributed by atoms with E-state index in [-0.39, 0.29) is 11.8 Å². The van der Waals surface area contributed by atoms with Crippen LogP contribution >= 0.6 is 0 Å². The second-order valence-corrected chi connectivity index (χ2v) is 9.18. The summed E-state index contributed by atoms with van der Waals surface area (Å²) in [6.07, 6.45) is 17.8. The van der Waals surface area contributed by atoms with E-state index in [1.807, 2.05) is 34.6 Å². The van der Waals surface area contributed by atoms with E-state index in [0.717, 1.165) is 60.5 Å². The first-order valence-corrected chi connectivity index (χ1v) is 11.3. The molecule has 0 saturated carbocycles. The Morgan fingerprint density at radius 2 is 1.90 bits per heavy atom. The van der Waals surface area contributed by atoms with Gasteiger partial charge < -0.3 is 9.30 Å². The number of amides is 1. The SMILES string of the molecule is Cc1cn2cc(C3=CC(=O)N4C=C(C5CCN(C)CC5)C=CC4=CCC3C)ccc2n1. The molecule has 5 heterocycles. The van der Waals surface area contributed by atoms with Crippen LogP contribution in [0.3, 0.4) is 0 Å². The predicted molar refractivity (Wildman–Crippen MR) is 124 cm³/mol. The number of imidazole rings is 1. The van der Waals surface area contributed by atoms with Crippen LogP contribution in [-0.4, -0.2) is 45.2 Å². The molecule has 2 aromatic heterocycles. The van der Waals surface area contributed by atoms with E-state index in [2.05, 4.69) is 60.5 Å². The van der Waals surface area contributed by atoms with Crippen LogP contribution in [0.5, 0.6) is 0 Å². The largest absolute Gasteiger partial charge is 0.306 e. The molecule has 1 amide bonds. The third-order valence-electron chi connectivity index (χ3n) is 6.83. The molecule has 160 valence electrons. The topological polar surface area (TPSA) is 40.9 Å². The average Bonchev–Trinajstić information content (AvgIpc) is 3.14. The lowest BCUT2D eigenvalue weighted by Crippen LogP contribution is -2.32. The molecule has 0 aromatic carbocycles. The normalized spacial score (nSPS) is 23.2. The van der Waals surface area contributed by atoms with Crippen molar-refractivity contribution in [2.75, 3.05) is 20.1 Å². The highest BCUT2D eigenvalue weighted by Crippen LogP contribution is 2.34. The van der Waals surface area contributed by atoms with Gasteiger partial charge in [0, 0.05) is 30.4 Å². The second-order valence-electron chi connectivity index (χ2n) is 9.18. The Morgan fingerprint density at radius 3 is 2.71 bits per heavy atom. The standard InChI is InChI=1S/C26H30N4O/c1-18-4-7-23-8-5-21(20-10-12-28(3)13-11-20)17-30(23)26(31)14-24(18)22-6-9-25-27-19(2)15-29(25)16-22/h5-9,14-18,20H,4,10-13H2,1-3H3. The molecule has 0 N–H and O–H groups in total. The van der Waals surface area contributed by atoms with Crippen molar-refractivity contribution in [1.82, 2.24) is 19.2 Å². The molecule has 3 aliphatic rings. The summed E-state index contributed by atoms with van der Waals surface area (Å²) in [6, 6.07) is 4.11. The minimum Gasteiger partial charge on any atom is -0.306 e. The van der Waals surface area contributed by atoms with Crippen molar-refractivity contribution in [1.29, 1.82) is 0 Å². The third kappa shape index (κ3) is 3.90. The predicted octanol–water partition coefficient (Wildman–Crippen LogP) is 4.57. The van der Waals surface area contributed by atoms with Crippen LogP contribution in [0.25, 0.3) is 11.2 Å². The molecule has 1 saturated heterocycles. The number of aryl methyl sites for hydroxylation is 1. The van der Waals surface area contributed by atoms with Gasteiger partial charge in [-0.15, -0.1) is 0 Å². The fourth-order valence-corrected chi connectivity index (χ4v) is 4.90. The molecule has 0 radical (unpaired) electrons. The highest BCUT2D eigenvalue weighted by Gasteiger charge is 2.26. The Labute approximate surface area is 184 Å². The van der Waals surface area contributed by atoms with Crippen LogP contribution in [-0.2, 0) is 4.79 Å². The van der Waals surface area contributed by atoms with E-state index in [1.165, 1.54) is 5.57 Å². The van der Waals surface area contributed by atoms with Gasteiger partial charge in [0.25, 0.3) is 5.91 Å². The number of hydrogen-bond donors (Lipinski definition) is 0. The molecule has 0 aliphatic carbocycles. The molecular weight excluding hydrogens is 384 g/mol. The minimum atomic E-state index is 0.0319. The van der Waals surface area contributed by atoms with Crippen LogP contribution in [0.2, 0.25) is 0 Å². The van der Waals surface area contributed by atoms with Crippen molar-refractivity contribution in [2.24, 2.45) is 11.8 Å². The summed E-state index contributed by atoms with van der Waals surface area (Å²) >= 11 is 0. The maximum absolute atomic E-state index is 13.4. The average molecular weight is 415 g/mol. The van der Waals surface area contributed by atoms with Gasteiger partial charge in [-0.2, -0.15) is 0 Å². The number of pyridine rings is 1. The molecule has 5 nitrogen and oxygen atoms in total. The summed E-state index contributed by atoms with van der Waals surface area (Å²) in [6.45, 7) is 6.43. The number of aromatic nitrogens is 2. The third-order valence-corrected chi connectivity index (χ3v) is 6.83. The molecular formula is C26H30N4O. The van der Waals surface area contributed by atoms with Gasteiger partial charge in [-0.1, -0.05) is 19.1 Å². The Kier molecular flexibility index (Phi) is 5.14. The van der Waals surface area contributed by atoms with Crippen molar-refractivity contribution < 1.29 is 4.79 Å². The number of piperidine rings is 1. The first kappa shape index (κ1) is 20.0. The number of rotatable bonds is 2. The second kappa shape index (κ2) is 7.97. The Balaban J connectivity index is 1.46. The Bertz CT molecular complexity index is 1140. The number of likely N-dealkylation sites (tertiary alicyclic amines) is 1.